The molecule has 112 valence electrons. The van der Waals surface area contributed by atoms with Gasteiger partial charge in [0, 0.05) is 11.7 Å². The summed E-state index contributed by atoms with van der Waals surface area (Å²) < 4.78 is 52.8. The third-order valence-electron chi connectivity index (χ3n) is 2.91. The first-order valence-corrected chi connectivity index (χ1v) is 7.60. The molecule has 0 aliphatic carbocycles. The second-order valence-electron chi connectivity index (χ2n) is 4.61. The minimum atomic E-state index is -3.93. The standard InChI is InChI=1S/C14H14F2N2O2S/c1-9(10-2-4-11(15)5-3-10)18-21(19,20)14-7-12(16)6-13(17)8-14/h2-9,18H,17H2,1H3. The van der Waals surface area contributed by atoms with E-state index in [0.717, 1.165) is 12.1 Å². The summed E-state index contributed by atoms with van der Waals surface area (Å²) in [7, 11) is -3.93. The third kappa shape index (κ3) is 3.77. The SMILES string of the molecule is CC(NS(=O)(=O)c1cc(N)cc(F)c1)c1ccc(F)cc1. The molecule has 1 atom stereocenters. The highest BCUT2D eigenvalue weighted by molar-refractivity contribution is 7.89. The Morgan fingerprint density at radius 3 is 2.24 bits per heavy atom. The van der Waals surface area contributed by atoms with Gasteiger partial charge in [-0.1, -0.05) is 12.1 Å². The van der Waals surface area contributed by atoms with E-state index in [-0.39, 0.29) is 10.6 Å². The molecule has 0 aliphatic heterocycles. The Balaban J connectivity index is 2.26. The van der Waals surface area contributed by atoms with Crippen LogP contribution < -0.4 is 10.5 Å². The Labute approximate surface area is 121 Å². The average molecular weight is 312 g/mol. The van der Waals surface area contributed by atoms with Crippen LogP contribution in [0.1, 0.15) is 18.5 Å². The molecular weight excluding hydrogens is 298 g/mol. The van der Waals surface area contributed by atoms with Crippen LogP contribution in [0, 0.1) is 11.6 Å². The summed E-state index contributed by atoms with van der Waals surface area (Å²) in [6.07, 6.45) is 0. The zero-order valence-corrected chi connectivity index (χ0v) is 12.0. The molecule has 0 saturated heterocycles. The van der Waals surface area contributed by atoms with E-state index in [0.29, 0.717) is 5.56 Å². The summed E-state index contributed by atoms with van der Waals surface area (Å²) in [5.74, 6) is -1.14. The molecule has 0 radical (unpaired) electrons. The van der Waals surface area contributed by atoms with Gasteiger partial charge < -0.3 is 5.73 Å². The van der Waals surface area contributed by atoms with E-state index < -0.39 is 27.7 Å². The van der Waals surface area contributed by atoms with E-state index in [2.05, 4.69) is 4.72 Å². The summed E-state index contributed by atoms with van der Waals surface area (Å²) in [6, 6.07) is 7.91. The van der Waals surface area contributed by atoms with Gasteiger partial charge in [-0.2, -0.15) is 0 Å². The van der Waals surface area contributed by atoms with E-state index in [1.807, 2.05) is 0 Å². The number of hydrogen-bond acceptors (Lipinski definition) is 3. The lowest BCUT2D eigenvalue weighted by Crippen LogP contribution is -2.27. The monoisotopic (exact) mass is 312 g/mol. The molecule has 1 unspecified atom stereocenters. The van der Waals surface area contributed by atoms with E-state index in [9.17, 15) is 17.2 Å². The number of rotatable bonds is 4. The van der Waals surface area contributed by atoms with Crippen molar-refractivity contribution >= 4 is 15.7 Å². The van der Waals surface area contributed by atoms with Gasteiger partial charge in [0.2, 0.25) is 10.0 Å². The van der Waals surface area contributed by atoms with Crippen LogP contribution in [0.25, 0.3) is 0 Å². The van der Waals surface area contributed by atoms with Crippen LogP contribution in [0.15, 0.2) is 47.4 Å². The molecule has 4 nitrogen and oxygen atoms in total. The summed E-state index contributed by atoms with van der Waals surface area (Å²) >= 11 is 0. The van der Waals surface area contributed by atoms with E-state index in [1.54, 1.807) is 6.92 Å². The van der Waals surface area contributed by atoms with Crippen LogP contribution in [-0.4, -0.2) is 8.42 Å². The number of halogens is 2. The molecule has 0 fully saturated rings. The topological polar surface area (TPSA) is 72.2 Å². The molecule has 21 heavy (non-hydrogen) atoms. The van der Waals surface area contributed by atoms with Crippen molar-refractivity contribution in [3.8, 4) is 0 Å². The fourth-order valence-corrected chi connectivity index (χ4v) is 3.16. The number of nitrogen functional groups attached to an aromatic ring is 1. The maximum absolute atomic E-state index is 13.2. The highest BCUT2D eigenvalue weighted by atomic mass is 32.2. The first-order valence-electron chi connectivity index (χ1n) is 6.12. The molecule has 2 rings (SSSR count). The quantitative estimate of drug-likeness (QED) is 0.852. The fourth-order valence-electron chi connectivity index (χ4n) is 1.86. The van der Waals surface area contributed by atoms with Gasteiger partial charge in [-0.3, -0.25) is 0 Å². The summed E-state index contributed by atoms with van der Waals surface area (Å²) in [5, 5.41) is 0. The lowest BCUT2D eigenvalue weighted by atomic mass is 10.1. The Kier molecular flexibility index (Phi) is 4.24. The van der Waals surface area contributed by atoms with Crippen LogP contribution >= 0.6 is 0 Å². The minimum absolute atomic E-state index is 0.0183. The van der Waals surface area contributed by atoms with Crippen LogP contribution in [0.5, 0.6) is 0 Å². The zero-order chi connectivity index (χ0) is 15.6. The molecule has 0 heterocycles. The van der Waals surface area contributed by atoms with Gasteiger partial charge in [-0.05, 0) is 42.8 Å². The van der Waals surface area contributed by atoms with Crippen molar-refractivity contribution < 1.29 is 17.2 Å². The van der Waals surface area contributed by atoms with Crippen molar-refractivity contribution in [2.24, 2.45) is 0 Å². The van der Waals surface area contributed by atoms with E-state index in [1.165, 1.54) is 30.3 Å². The summed E-state index contributed by atoms with van der Waals surface area (Å²) in [4.78, 5) is -0.256. The van der Waals surface area contributed by atoms with Crippen LogP contribution in [0.2, 0.25) is 0 Å². The van der Waals surface area contributed by atoms with Gasteiger partial charge in [-0.15, -0.1) is 0 Å². The first kappa shape index (κ1) is 15.4. The van der Waals surface area contributed by atoms with Gasteiger partial charge in [0.15, 0.2) is 0 Å². The molecule has 3 N–H and O–H groups in total. The van der Waals surface area contributed by atoms with E-state index in [4.69, 9.17) is 5.73 Å². The van der Waals surface area contributed by atoms with Crippen molar-refractivity contribution in [2.75, 3.05) is 5.73 Å². The van der Waals surface area contributed by atoms with Crippen molar-refractivity contribution in [1.82, 2.24) is 4.72 Å². The molecular formula is C14H14F2N2O2S. The Morgan fingerprint density at radius 1 is 1.05 bits per heavy atom. The molecule has 2 aromatic carbocycles. The molecule has 0 saturated carbocycles. The van der Waals surface area contributed by atoms with Gasteiger partial charge >= 0.3 is 0 Å². The number of anilines is 1. The lowest BCUT2D eigenvalue weighted by Gasteiger charge is -2.15. The highest BCUT2D eigenvalue weighted by Crippen LogP contribution is 2.20. The smallest absolute Gasteiger partial charge is 0.241 e. The first-order chi connectivity index (χ1) is 9.78. The van der Waals surface area contributed by atoms with Gasteiger partial charge in [0.05, 0.1) is 4.90 Å². The molecule has 0 aromatic heterocycles. The van der Waals surface area contributed by atoms with E-state index >= 15 is 0 Å². The van der Waals surface area contributed by atoms with Crippen molar-refractivity contribution in [3.05, 3.63) is 59.7 Å². The Hall–Kier alpha value is -1.99. The van der Waals surface area contributed by atoms with Crippen LogP contribution in [0.4, 0.5) is 14.5 Å². The number of nitrogens with two attached hydrogens (primary N) is 1. The van der Waals surface area contributed by atoms with Crippen molar-refractivity contribution in [3.63, 3.8) is 0 Å². The maximum atomic E-state index is 13.2. The van der Waals surface area contributed by atoms with Crippen LogP contribution in [0.3, 0.4) is 0 Å². The maximum Gasteiger partial charge on any atom is 0.241 e. The highest BCUT2D eigenvalue weighted by Gasteiger charge is 2.19. The number of nitrogens with one attached hydrogen (secondary N) is 1. The third-order valence-corrected chi connectivity index (χ3v) is 4.43. The van der Waals surface area contributed by atoms with Crippen molar-refractivity contribution in [2.45, 2.75) is 17.9 Å². The molecule has 2 aromatic rings. The van der Waals surface area contributed by atoms with Gasteiger partial charge in [0.25, 0.3) is 0 Å². The van der Waals surface area contributed by atoms with Crippen molar-refractivity contribution in [1.29, 1.82) is 0 Å². The molecule has 0 aliphatic rings. The Bertz CT molecular complexity index is 726. The molecule has 0 bridgehead atoms. The predicted molar refractivity (Wildman–Crippen MR) is 75.9 cm³/mol. The minimum Gasteiger partial charge on any atom is -0.399 e. The van der Waals surface area contributed by atoms with Crippen LogP contribution in [-0.2, 0) is 10.0 Å². The van der Waals surface area contributed by atoms with Gasteiger partial charge in [-0.25, -0.2) is 21.9 Å². The number of sulfonamides is 1. The van der Waals surface area contributed by atoms with Gasteiger partial charge in [0.1, 0.15) is 11.6 Å². The summed E-state index contributed by atoms with van der Waals surface area (Å²) in [5.41, 5.74) is 6.05. The second-order valence-corrected chi connectivity index (χ2v) is 6.33. The summed E-state index contributed by atoms with van der Waals surface area (Å²) in [6.45, 7) is 1.60. The molecule has 0 spiro atoms. The lowest BCUT2D eigenvalue weighted by molar-refractivity contribution is 0.563. The molecule has 7 heteroatoms. The Morgan fingerprint density at radius 2 is 1.67 bits per heavy atom. The zero-order valence-electron chi connectivity index (χ0n) is 11.2. The number of benzene rings is 2. The largest absolute Gasteiger partial charge is 0.399 e. The average Bonchev–Trinajstić information content (AvgIpc) is 2.37. The molecule has 0 amide bonds. The number of hydrogen-bond donors (Lipinski definition) is 2. The predicted octanol–water partition coefficient (Wildman–Crippen LogP) is 2.59. The normalized spacial score (nSPS) is 13.1. The second kappa shape index (κ2) is 5.79. The fraction of sp³-hybridized carbons (Fsp3) is 0.143.